The molecule has 0 bridgehead atoms. The average Bonchev–Trinajstić information content (AvgIpc) is 3.53. The predicted molar refractivity (Wildman–Crippen MR) is 113 cm³/mol. The lowest BCUT2D eigenvalue weighted by molar-refractivity contribution is -0.130. The molecule has 8 nitrogen and oxygen atoms in total. The summed E-state index contributed by atoms with van der Waals surface area (Å²) >= 11 is 1.44. The van der Waals surface area contributed by atoms with Gasteiger partial charge in [-0.1, -0.05) is 29.5 Å². The van der Waals surface area contributed by atoms with Crippen molar-refractivity contribution in [3.63, 3.8) is 0 Å². The number of fused-ring (bicyclic) bond motifs is 1. The summed E-state index contributed by atoms with van der Waals surface area (Å²) < 4.78 is 1.68. The minimum absolute atomic E-state index is 0.0822. The van der Waals surface area contributed by atoms with Gasteiger partial charge in [-0.05, 0) is 37.3 Å². The molecule has 0 atom stereocenters. The highest BCUT2D eigenvalue weighted by atomic mass is 32.1. The van der Waals surface area contributed by atoms with Crippen molar-refractivity contribution >= 4 is 28.1 Å². The summed E-state index contributed by atoms with van der Waals surface area (Å²) in [6.45, 7) is 3.39. The van der Waals surface area contributed by atoms with Crippen LogP contribution in [0.5, 0.6) is 0 Å². The molecule has 0 radical (unpaired) electrons. The molecule has 9 heteroatoms. The topological polar surface area (TPSA) is 83.7 Å². The zero-order valence-electron chi connectivity index (χ0n) is 16.8. The van der Waals surface area contributed by atoms with E-state index < -0.39 is 0 Å². The standard InChI is InChI=1S/C21H24N6O2S/c28-18(25-8-1-2-9-25)13-15-6-5-7-16(12-15)20-24-27-17(22-23-21(27)30-20)14-19(29)26-10-3-4-11-26/h5-7,12H,1-4,8-11,13-14H2. The second-order valence-electron chi connectivity index (χ2n) is 7.95. The van der Waals surface area contributed by atoms with Gasteiger partial charge in [0.05, 0.1) is 12.8 Å². The quantitative estimate of drug-likeness (QED) is 0.627. The van der Waals surface area contributed by atoms with Crippen LogP contribution in [0.1, 0.15) is 37.1 Å². The van der Waals surface area contributed by atoms with Crippen LogP contribution in [0.2, 0.25) is 0 Å². The summed E-state index contributed by atoms with van der Waals surface area (Å²) in [5, 5.41) is 13.8. The number of rotatable bonds is 5. The van der Waals surface area contributed by atoms with Crippen molar-refractivity contribution in [1.29, 1.82) is 0 Å². The summed E-state index contributed by atoms with van der Waals surface area (Å²) in [4.78, 5) is 29.4. The third-order valence-corrected chi connectivity index (χ3v) is 6.76. The average molecular weight is 425 g/mol. The molecule has 5 rings (SSSR count). The molecule has 2 saturated heterocycles. The number of amides is 2. The van der Waals surface area contributed by atoms with Crippen molar-refractivity contribution in [3.8, 4) is 10.6 Å². The summed E-state index contributed by atoms with van der Waals surface area (Å²) in [6.07, 6.45) is 4.96. The van der Waals surface area contributed by atoms with Crippen molar-refractivity contribution < 1.29 is 9.59 Å². The molecular formula is C21H24N6O2S. The van der Waals surface area contributed by atoms with Crippen LogP contribution >= 0.6 is 11.3 Å². The van der Waals surface area contributed by atoms with Crippen molar-refractivity contribution in [2.24, 2.45) is 0 Å². The van der Waals surface area contributed by atoms with E-state index in [1.54, 1.807) is 4.52 Å². The molecule has 0 N–H and O–H groups in total. The number of likely N-dealkylation sites (tertiary alicyclic amines) is 2. The maximum atomic E-state index is 12.5. The van der Waals surface area contributed by atoms with Crippen molar-refractivity contribution in [2.75, 3.05) is 26.2 Å². The summed E-state index contributed by atoms with van der Waals surface area (Å²) in [5.74, 6) is 0.842. The van der Waals surface area contributed by atoms with Gasteiger partial charge >= 0.3 is 0 Å². The van der Waals surface area contributed by atoms with E-state index in [1.165, 1.54) is 11.3 Å². The highest BCUT2D eigenvalue weighted by Crippen LogP contribution is 2.27. The number of carbonyl (C=O) groups is 2. The Labute approximate surface area is 178 Å². The summed E-state index contributed by atoms with van der Waals surface area (Å²) in [6, 6.07) is 7.96. The maximum Gasteiger partial charge on any atom is 0.234 e. The fourth-order valence-corrected chi connectivity index (χ4v) is 5.02. The number of carbonyl (C=O) groups excluding carboxylic acids is 2. The highest BCUT2D eigenvalue weighted by Gasteiger charge is 2.22. The zero-order valence-corrected chi connectivity index (χ0v) is 17.6. The molecular weight excluding hydrogens is 400 g/mol. The molecule has 4 heterocycles. The highest BCUT2D eigenvalue weighted by molar-refractivity contribution is 7.19. The van der Waals surface area contributed by atoms with Gasteiger partial charge in [0.25, 0.3) is 0 Å². The van der Waals surface area contributed by atoms with Gasteiger partial charge in [0.1, 0.15) is 5.01 Å². The first-order valence-electron chi connectivity index (χ1n) is 10.5. The van der Waals surface area contributed by atoms with E-state index in [9.17, 15) is 9.59 Å². The maximum absolute atomic E-state index is 12.5. The molecule has 156 valence electrons. The van der Waals surface area contributed by atoms with Crippen LogP contribution in [0.25, 0.3) is 15.5 Å². The number of hydrogen-bond donors (Lipinski definition) is 0. The molecule has 2 aliphatic rings. The van der Waals surface area contributed by atoms with Crippen molar-refractivity contribution in [2.45, 2.75) is 38.5 Å². The molecule has 0 spiro atoms. The van der Waals surface area contributed by atoms with Gasteiger partial charge in [0.2, 0.25) is 16.8 Å². The first kappa shape index (κ1) is 19.2. The van der Waals surface area contributed by atoms with Gasteiger partial charge in [-0.25, -0.2) is 0 Å². The van der Waals surface area contributed by atoms with Crippen LogP contribution in [0, 0.1) is 0 Å². The molecule has 2 aromatic heterocycles. The van der Waals surface area contributed by atoms with E-state index in [2.05, 4.69) is 15.3 Å². The van der Waals surface area contributed by atoms with E-state index in [1.807, 2.05) is 34.1 Å². The Hall–Kier alpha value is -2.81. The van der Waals surface area contributed by atoms with Crippen molar-refractivity contribution in [1.82, 2.24) is 29.6 Å². The smallest absolute Gasteiger partial charge is 0.234 e. The predicted octanol–water partition coefficient (Wildman–Crippen LogP) is 2.18. The fourth-order valence-electron chi connectivity index (χ4n) is 4.17. The number of nitrogens with zero attached hydrogens (tertiary/aromatic N) is 6. The molecule has 0 saturated carbocycles. The Morgan fingerprint density at radius 1 is 0.900 bits per heavy atom. The number of aromatic nitrogens is 4. The SMILES string of the molecule is O=C(Cc1cccc(-c2nn3c(CC(=O)N4CCCC4)nnc3s2)c1)N1CCCC1. The fraction of sp³-hybridized carbons (Fsp3) is 0.476. The lowest BCUT2D eigenvalue weighted by Crippen LogP contribution is -2.29. The van der Waals surface area contributed by atoms with Crippen molar-refractivity contribution in [3.05, 3.63) is 35.7 Å². The minimum Gasteiger partial charge on any atom is -0.342 e. The molecule has 30 heavy (non-hydrogen) atoms. The third-order valence-electron chi connectivity index (χ3n) is 5.81. The largest absolute Gasteiger partial charge is 0.342 e. The second kappa shape index (κ2) is 8.14. The monoisotopic (exact) mass is 424 g/mol. The Bertz CT molecular complexity index is 1080. The van der Waals surface area contributed by atoms with Gasteiger partial charge in [0, 0.05) is 31.7 Å². The number of hydrogen-bond acceptors (Lipinski definition) is 6. The Morgan fingerprint density at radius 2 is 1.57 bits per heavy atom. The minimum atomic E-state index is 0.0822. The molecule has 2 amide bonds. The van der Waals surface area contributed by atoms with Crippen LogP contribution < -0.4 is 0 Å². The lowest BCUT2D eigenvalue weighted by Gasteiger charge is -2.15. The van der Waals surface area contributed by atoms with Gasteiger partial charge in [0.15, 0.2) is 5.82 Å². The van der Waals surface area contributed by atoms with Crippen LogP contribution in [0.3, 0.4) is 0 Å². The zero-order chi connectivity index (χ0) is 20.5. The molecule has 2 fully saturated rings. The van der Waals surface area contributed by atoms with E-state index in [4.69, 9.17) is 0 Å². The third kappa shape index (κ3) is 3.81. The van der Waals surface area contributed by atoms with E-state index in [0.717, 1.165) is 68.0 Å². The van der Waals surface area contributed by atoms with Gasteiger partial charge in [-0.15, -0.1) is 10.2 Å². The van der Waals surface area contributed by atoms with Gasteiger partial charge in [-0.3, -0.25) is 9.59 Å². The lowest BCUT2D eigenvalue weighted by atomic mass is 10.1. The molecule has 3 aromatic rings. The van der Waals surface area contributed by atoms with Crippen LogP contribution in [0.4, 0.5) is 0 Å². The van der Waals surface area contributed by atoms with Gasteiger partial charge < -0.3 is 9.80 Å². The van der Waals surface area contributed by atoms with Crippen LogP contribution in [0.15, 0.2) is 24.3 Å². The van der Waals surface area contributed by atoms with E-state index >= 15 is 0 Å². The van der Waals surface area contributed by atoms with E-state index in [-0.39, 0.29) is 18.2 Å². The Kier molecular flexibility index (Phi) is 5.20. The Balaban J connectivity index is 1.34. The van der Waals surface area contributed by atoms with E-state index in [0.29, 0.717) is 17.2 Å². The first-order valence-corrected chi connectivity index (χ1v) is 11.3. The molecule has 0 unspecified atom stereocenters. The normalized spacial score (nSPS) is 16.7. The van der Waals surface area contributed by atoms with Gasteiger partial charge in [-0.2, -0.15) is 9.61 Å². The molecule has 1 aromatic carbocycles. The number of benzene rings is 1. The van der Waals surface area contributed by atoms with Crippen LogP contribution in [-0.4, -0.2) is 67.6 Å². The second-order valence-corrected chi connectivity index (χ2v) is 8.90. The molecule has 2 aliphatic heterocycles. The van der Waals surface area contributed by atoms with Crippen LogP contribution in [-0.2, 0) is 22.4 Å². The summed E-state index contributed by atoms with van der Waals surface area (Å²) in [7, 11) is 0. The Morgan fingerprint density at radius 3 is 2.27 bits per heavy atom. The molecule has 0 aliphatic carbocycles. The summed E-state index contributed by atoms with van der Waals surface area (Å²) in [5.41, 5.74) is 1.94. The first-order chi connectivity index (χ1) is 14.7.